The van der Waals surface area contributed by atoms with Crippen LogP contribution in [0.4, 0.5) is 0 Å². The van der Waals surface area contributed by atoms with Gasteiger partial charge in [-0.05, 0) is 69.4 Å². The minimum absolute atomic E-state index is 0.211. The van der Waals surface area contributed by atoms with E-state index in [-0.39, 0.29) is 5.78 Å². The number of fused-ring (bicyclic) bond motifs is 3. The highest BCUT2D eigenvalue weighted by Crippen LogP contribution is 2.31. The highest BCUT2D eigenvalue weighted by Gasteiger charge is 2.25. The number of aromatic nitrogens is 3. The molecule has 1 unspecified atom stereocenters. The lowest BCUT2D eigenvalue weighted by Gasteiger charge is -2.11. The Morgan fingerprint density at radius 3 is 2.77 bits per heavy atom. The molecule has 1 aromatic carbocycles. The number of rotatable bonds is 3. The van der Waals surface area contributed by atoms with Gasteiger partial charge in [0.2, 0.25) is 0 Å². The summed E-state index contributed by atoms with van der Waals surface area (Å²) in [6, 6.07) is 9.53. The van der Waals surface area contributed by atoms with Crippen LogP contribution in [0.2, 0.25) is 0 Å². The largest absolute Gasteiger partial charge is 0.358 e. The zero-order chi connectivity index (χ0) is 18.3. The van der Waals surface area contributed by atoms with Gasteiger partial charge in [0.25, 0.3) is 0 Å². The zero-order valence-corrected chi connectivity index (χ0v) is 15.0. The molecule has 0 fully saturated rings. The lowest BCUT2D eigenvalue weighted by atomic mass is 9.92. The Kier molecular flexibility index (Phi) is 4.04. The van der Waals surface area contributed by atoms with Crippen LogP contribution in [0.3, 0.4) is 0 Å². The van der Waals surface area contributed by atoms with Crippen molar-refractivity contribution >= 4 is 16.7 Å². The molecule has 0 amide bonds. The molecule has 3 aromatic rings. The van der Waals surface area contributed by atoms with E-state index < -0.39 is 5.92 Å². The summed E-state index contributed by atoms with van der Waals surface area (Å²) < 4.78 is 0. The average Bonchev–Trinajstić information content (AvgIpc) is 2.99. The summed E-state index contributed by atoms with van der Waals surface area (Å²) in [7, 11) is 0. The summed E-state index contributed by atoms with van der Waals surface area (Å²) in [5.41, 5.74) is 5.47. The summed E-state index contributed by atoms with van der Waals surface area (Å²) >= 11 is 0. The number of aromatic amines is 1. The monoisotopic (exact) mass is 344 g/mol. The van der Waals surface area contributed by atoms with Crippen LogP contribution in [0, 0.1) is 25.2 Å². The second-order valence-electron chi connectivity index (χ2n) is 6.96. The molecule has 0 saturated carbocycles. The fourth-order valence-corrected chi connectivity index (χ4v) is 3.88. The number of ketones is 1. The molecule has 0 spiro atoms. The number of carbonyl (C=O) groups excluding carboxylic acids is 1. The number of nitrogens with one attached hydrogen (secondary N) is 1. The number of carbonyl (C=O) groups is 1. The molecule has 0 radical (unpaired) electrons. The predicted molar refractivity (Wildman–Crippen MR) is 99.1 cm³/mol. The SMILES string of the molecule is Cc1cc(C(C#N)C(=O)c2ccc3[nH]c4c(c3c2)CCCC4)nc(C)n1. The van der Waals surface area contributed by atoms with E-state index in [0.717, 1.165) is 29.4 Å². The van der Waals surface area contributed by atoms with Crippen molar-refractivity contribution in [2.75, 3.05) is 0 Å². The van der Waals surface area contributed by atoms with E-state index in [9.17, 15) is 10.1 Å². The van der Waals surface area contributed by atoms with Gasteiger partial charge >= 0.3 is 0 Å². The number of H-pyrrole nitrogens is 1. The van der Waals surface area contributed by atoms with Crippen molar-refractivity contribution in [1.82, 2.24) is 15.0 Å². The van der Waals surface area contributed by atoms with Crippen molar-refractivity contribution in [1.29, 1.82) is 5.26 Å². The summed E-state index contributed by atoms with van der Waals surface area (Å²) in [6.07, 6.45) is 4.49. The number of nitrogens with zero attached hydrogens (tertiary/aromatic N) is 3. The normalized spacial score (nSPS) is 14.7. The third-order valence-electron chi connectivity index (χ3n) is 5.06. The van der Waals surface area contributed by atoms with Crippen LogP contribution < -0.4 is 0 Å². The highest BCUT2D eigenvalue weighted by atomic mass is 16.1. The van der Waals surface area contributed by atoms with E-state index in [4.69, 9.17) is 0 Å². The third-order valence-corrected chi connectivity index (χ3v) is 5.06. The molecule has 5 heteroatoms. The van der Waals surface area contributed by atoms with Crippen LogP contribution in [0.5, 0.6) is 0 Å². The van der Waals surface area contributed by atoms with E-state index in [1.54, 1.807) is 19.1 Å². The Labute approximate surface area is 152 Å². The first-order valence-corrected chi connectivity index (χ1v) is 8.96. The van der Waals surface area contributed by atoms with Crippen molar-refractivity contribution in [2.45, 2.75) is 45.4 Å². The van der Waals surface area contributed by atoms with Gasteiger partial charge in [0.1, 0.15) is 5.82 Å². The van der Waals surface area contributed by atoms with Crippen LogP contribution in [0.15, 0.2) is 24.3 Å². The van der Waals surface area contributed by atoms with E-state index in [1.807, 2.05) is 19.1 Å². The molecule has 0 bridgehead atoms. The average molecular weight is 344 g/mol. The maximum Gasteiger partial charge on any atom is 0.186 e. The number of Topliss-reactive ketones (excluding diaryl/α,β-unsaturated/α-hetero) is 1. The van der Waals surface area contributed by atoms with Gasteiger partial charge in [0.05, 0.1) is 11.8 Å². The Balaban J connectivity index is 1.76. The second kappa shape index (κ2) is 6.38. The van der Waals surface area contributed by atoms with Crippen molar-refractivity contribution in [3.8, 4) is 6.07 Å². The second-order valence-corrected chi connectivity index (χ2v) is 6.96. The molecule has 1 N–H and O–H groups in total. The van der Waals surface area contributed by atoms with Gasteiger partial charge < -0.3 is 4.98 Å². The first-order valence-electron chi connectivity index (χ1n) is 8.96. The number of hydrogen-bond acceptors (Lipinski definition) is 4. The minimum Gasteiger partial charge on any atom is -0.358 e. The molecule has 4 rings (SSSR count). The molecule has 26 heavy (non-hydrogen) atoms. The van der Waals surface area contributed by atoms with Crippen LogP contribution in [0.1, 0.15) is 57.6 Å². The van der Waals surface area contributed by atoms with Gasteiger partial charge in [-0.3, -0.25) is 4.79 Å². The first-order chi connectivity index (χ1) is 12.6. The van der Waals surface area contributed by atoms with E-state index >= 15 is 0 Å². The lowest BCUT2D eigenvalue weighted by Crippen LogP contribution is -2.14. The van der Waals surface area contributed by atoms with E-state index in [1.165, 1.54) is 24.1 Å². The molecule has 0 saturated heterocycles. The Morgan fingerprint density at radius 1 is 1.19 bits per heavy atom. The van der Waals surface area contributed by atoms with Crippen molar-refractivity contribution in [3.63, 3.8) is 0 Å². The predicted octanol–water partition coefficient (Wildman–Crippen LogP) is 3.94. The van der Waals surface area contributed by atoms with Crippen molar-refractivity contribution in [3.05, 3.63) is 58.3 Å². The summed E-state index contributed by atoms with van der Waals surface area (Å²) in [6.45, 7) is 3.61. The zero-order valence-electron chi connectivity index (χ0n) is 15.0. The number of benzene rings is 1. The summed E-state index contributed by atoms with van der Waals surface area (Å²) in [5.74, 6) is -0.552. The van der Waals surface area contributed by atoms with Crippen LogP contribution in [0.25, 0.3) is 10.9 Å². The third kappa shape index (κ3) is 2.78. The molecule has 2 aromatic heterocycles. The first kappa shape index (κ1) is 16.5. The van der Waals surface area contributed by atoms with Crippen molar-refractivity contribution in [2.24, 2.45) is 0 Å². The Morgan fingerprint density at radius 2 is 2.00 bits per heavy atom. The highest BCUT2D eigenvalue weighted by molar-refractivity contribution is 6.05. The molecule has 1 aliphatic carbocycles. The van der Waals surface area contributed by atoms with E-state index in [0.29, 0.717) is 17.1 Å². The summed E-state index contributed by atoms with van der Waals surface area (Å²) in [4.78, 5) is 25.1. The maximum absolute atomic E-state index is 13.0. The maximum atomic E-state index is 13.0. The van der Waals surface area contributed by atoms with Gasteiger partial charge in [-0.1, -0.05) is 0 Å². The minimum atomic E-state index is -0.914. The van der Waals surface area contributed by atoms with Gasteiger partial charge in [0, 0.05) is 27.9 Å². The molecule has 2 heterocycles. The fraction of sp³-hybridized carbons (Fsp3) is 0.333. The van der Waals surface area contributed by atoms with E-state index in [2.05, 4.69) is 21.0 Å². The quantitative estimate of drug-likeness (QED) is 0.730. The smallest absolute Gasteiger partial charge is 0.186 e. The van der Waals surface area contributed by atoms with Crippen molar-refractivity contribution < 1.29 is 4.79 Å². The van der Waals surface area contributed by atoms with Crippen LogP contribution >= 0.6 is 0 Å². The molecule has 0 aliphatic heterocycles. The molecular weight excluding hydrogens is 324 g/mol. The lowest BCUT2D eigenvalue weighted by molar-refractivity contribution is 0.0977. The number of nitriles is 1. The molecule has 1 atom stereocenters. The standard InChI is InChI=1S/C21H20N4O/c1-12-9-20(24-13(2)23-12)17(11-22)21(26)14-7-8-19-16(10-14)15-5-3-4-6-18(15)25-19/h7-10,17,25H,3-6H2,1-2H3. The van der Waals surface area contributed by atoms with Gasteiger partial charge in [0.15, 0.2) is 11.7 Å². The Bertz CT molecular complexity index is 1040. The van der Waals surface area contributed by atoms with Crippen LogP contribution in [-0.4, -0.2) is 20.7 Å². The topological polar surface area (TPSA) is 82.4 Å². The van der Waals surface area contributed by atoms with Gasteiger partial charge in [-0.15, -0.1) is 0 Å². The fourth-order valence-electron chi connectivity index (χ4n) is 3.88. The molecule has 1 aliphatic rings. The number of aryl methyl sites for hydroxylation is 4. The van der Waals surface area contributed by atoms with Gasteiger partial charge in [-0.25, -0.2) is 9.97 Å². The number of hydrogen-bond donors (Lipinski definition) is 1. The molecular formula is C21H20N4O. The summed E-state index contributed by atoms with van der Waals surface area (Å²) in [5, 5.41) is 10.7. The van der Waals surface area contributed by atoms with Crippen LogP contribution in [-0.2, 0) is 12.8 Å². The molecule has 130 valence electrons. The molecule has 5 nitrogen and oxygen atoms in total. The Hall–Kier alpha value is -3.00. The van der Waals surface area contributed by atoms with Gasteiger partial charge in [-0.2, -0.15) is 5.26 Å².